The number of hydrogen-bond acceptors (Lipinski definition) is 3. The second-order valence-corrected chi connectivity index (χ2v) is 6.03. The standard InChI is InChI=1S/C19H19FN2OS/c1-3-22-18(14-5-7-15(20)8-6-14)13-24-19(22)21-16-9-11-17(12-10-16)23-4-2/h5-13H,3-4H2,1-2H3. The molecule has 0 fully saturated rings. The summed E-state index contributed by atoms with van der Waals surface area (Å²) in [4.78, 5) is 5.65. The first kappa shape index (κ1) is 16.5. The zero-order valence-electron chi connectivity index (χ0n) is 13.7. The Balaban J connectivity index is 1.97. The molecule has 1 aromatic heterocycles. The van der Waals surface area contributed by atoms with Crippen molar-refractivity contribution < 1.29 is 9.13 Å². The number of ether oxygens (including phenoxy) is 1. The number of halogens is 1. The van der Waals surface area contributed by atoms with E-state index in [0.717, 1.165) is 34.0 Å². The molecule has 0 atom stereocenters. The lowest BCUT2D eigenvalue weighted by Crippen LogP contribution is -2.14. The van der Waals surface area contributed by atoms with Crippen molar-refractivity contribution in [2.24, 2.45) is 4.99 Å². The van der Waals surface area contributed by atoms with Crippen molar-refractivity contribution in [3.8, 4) is 17.0 Å². The first-order valence-electron chi connectivity index (χ1n) is 7.93. The van der Waals surface area contributed by atoms with E-state index in [0.29, 0.717) is 6.61 Å². The normalized spacial score (nSPS) is 11.7. The Hall–Kier alpha value is -2.40. The highest BCUT2D eigenvalue weighted by atomic mass is 32.1. The molecular formula is C19H19FN2OS. The Morgan fingerprint density at radius 1 is 1.04 bits per heavy atom. The lowest BCUT2D eigenvalue weighted by Gasteiger charge is -2.06. The van der Waals surface area contributed by atoms with Crippen LogP contribution in [0.4, 0.5) is 10.1 Å². The van der Waals surface area contributed by atoms with E-state index in [1.165, 1.54) is 12.1 Å². The van der Waals surface area contributed by atoms with Gasteiger partial charge in [-0.05, 0) is 67.9 Å². The van der Waals surface area contributed by atoms with E-state index < -0.39 is 0 Å². The van der Waals surface area contributed by atoms with E-state index in [1.54, 1.807) is 23.5 Å². The minimum absolute atomic E-state index is 0.226. The topological polar surface area (TPSA) is 26.5 Å². The molecule has 0 unspecified atom stereocenters. The predicted octanol–water partition coefficient (Wildman–Crippen LogP) is 5.01. The van der Waals surface area contributed by atoms with Crippen molar-refractivity contribution in [1.29, 1.82) is 0 Å². The molecular weight excluding hydrogens is 323 g/mol. The number of thiazole rings is 1. The molecule has 2 aromatic carbocycles. The fourth-order valence-electron chi connectivity index (χ4n) is 2.47. The van der Waals surface area contributed by atoms with Crippen LogP contribution in [0.15, 0.2) is 58.9 Å². The molecule has 0 bridgehead atoms. The van der Waals surface area contributed by atoms with Crippen LogP contribution >= 0.6 is 11.3 Å². The molecule has 3 rings (SSSR count). The Morgan fingerprint density at radius 3 is 2.38 bits per heavy atom. The number of rotatable bonds is 5. The van der Waals surface area contributed by atoms with Crippen molar-refractivity contribution in [2.75, 3.05) is 6.61 Å². The van der Waals surface area contributed by atoms with Crippen LogP contribution in [0.1, 0.15) is 13.8 Å². The van der Waals surface area contributed by atoms with Crippen molar-refractivity contribution >= 4 is 17.0 Å². The summed E-state index contributed by atoms with van der Waals surface area (Å²) in [6, 6.07) is 14.3. The average molecular weight is 342 g/mol. The van der Waals surface area contributed by atoms with E-state index >= 15 is 0 Å². The molecule has 0 saturated heterocycles. The molecule has 3 nitrogen and oxygen atoms in total. The van der Waals surface area contributed by atoms with Crippen LogP contribution < -0.4 is 9.54 Å². The molecule has 0 radical (unpaired) electrons. The lowest BCUT2D eigenvalue weighted by molar-refractivity contribution is 0.340. The Bertz CT molecular complexity index is 864. The summed E-state index contributed by atoms with van der Waals surface area (Å²) >= 11 is 1.58. The number of benzene rings is 2. The molecule has 0 aliphatic heterocycles. The fraction of sp³-hybridized carbons (Fsp3) is 0.211. The molecule has 1 heterocycles. The van der Waals surface area contributed by atoms with Gasteiger partial charge in [-0.2, -0.15) is 0 Å². The van der Waals surface area contributed by atoms with Gasteiger partial charge >= 0.3 is 0 Å². The van der Waals surface area contributed by atoms with Gasteiger partial charge in [0.2, 0.25) is 0 Å². The smallest absolute Gasteiger partial charge is 0.190 e. The third-order valence-corrected chi connectivity index (χ3v) is 4.49. The van der Waals surface area contributed by atoms with E-state index in [9.17, 15) is 4.39 Å². The Labute approximate surface area is 144 Å². The highest BCUT2D eigenvalue weighted by molar-refractivity contribution is 7.07. The number of nitrogens with zero attached hydrogens (tertiary/aromatic N) is 2. The Morgan fingerprint density at radius 2 is 1.75 bits per heavy atom. The molecule has 5 heteroatoms. The third-order valence-electron chi connectivity index (χ3n) is 3.63. The van der Waals surface area contributed by atoms with Crippen LogP contribution in [-0.2, 0) is 6.54 Å². The number of aromatic nitrogens is 1. The van der Waals surface area contributed by atoms with Gasteiger partial charge in [0.1, 0.15) is 11.6 Å². The molecule has 24 heavy (non-hydrogen) atoms. The molecule has 0 aliphatic rings. The molecule has 0 aliphatic carbocycles. The second kappa shape index (κ2) is 7.45. The summed E-state index contributed by atoms with van der Waals surface area (Å²) < 4.78 is 20.7. The maximum atomic E-state index is 13.1. The fourth-order valence-corrected chi connectivity index (χ4v) is 3.46. The van der Waals surface area contributed by atoms with Crippen LogP contribution in [0, 0.1) is 5.82 Å². The van der Waals surface area contributed by atoms with Gasteiger partial charge in [0, 0.05) is 11.9 Å². The molecule has 124 valence electrons. The summed E-state index contributed by atoms with van der Waals surface area (Å²) in [5.74, 6) is 0.620. The Kier molecular flexibility index (Phi) is 5.11. The van der Waals surface area contributed by atoms with Gasteiger partial charge in [0.05, 0.1) is 18.0 Å². The van der Waals surface area contributed by atoms with Gasteiger partial charge < -0.3 is 9.30 Å². The van der Waals surface area contributed by atoms with Crippen molar-refractivity contribution in [3.05, 3.63) is 64.5 Å². The van der Waals surface area contributed by atoms with Gasteiger partial charge in [-0.3, -0.25) is 0 Å². The predicted molar refractivity (Wildman–Crippen MR) is 96.2 cm³/mol. The zero-order chi connectivity index (χ0) is 16.9. The second-order valence-electron chi connectivity index (χ2n) is 5.19. The SMILES string of the molecule is CCOc1ccc(N=c2scc(-c3ccc(F)cc3)n2CC)cc1. The lowest BCUT2D eigenvalue weighted by atomic mass is 10.2. The monoisotopic (exact) mass is 342 g/mol. The van der Waals surface area contributed by atoms with Crippen molar-refractivity contribution in [2.45, 2.75) is 20.4 Å². The summed E-state index contributed by atoms with van der Waals surface area (Å²) in [5, 5.41) is 2.06. The molecule has 0 amide bonds. The maximum absolute atomic E-state index is 13.1. The van der Waals surface area contributed by atoms with Crippen LogP contribution in [0.5, 0.6) is 5.75 Å². The van der Waals surface area contributed by atoms with Gasteiger partial charge in [0.25, 0.3) is 0 Å². The van der Waals surface area contributed by atoms with Gasteiger partial charge in [0.15, 0.2) is 4.80 Å². The molecule has 0 N–H and O–H groups in total. The minimum Gasteiger partial charge on any atom is -0.494 e. The van der Waals surface area contributed by atoms with Gasteiger partial charge in [-0.15, -0.1) is 11.3 Å². The first-order valence-corrected chi connectivity index (χ1v) is 8.81. The van der Waals surface area contributed by atoms with Gasteiger partial charge in [-0.25, -0.2) is 9.38 Å². The highest BCUT2D eigenvalue weighted by Crippen LogP contribution is 2.22. The average Bonchev–Trinajstić information content (AvgIpc) is 3.00. The number of hydrogen-bond donors (Lipinski definition) is 0. The van der Waals surface area contributed by atoms with Crippen molar-refractivity contribution in [1.82, 2.24) is 4.57 Å². The quantitative estimate of drug-likeness (QED) is 0.640. The van der Waals surface area contributed by atoms with E-state index in [1.807, 2.05) is 31.2 Å². The maximum Gasteiger partial charge on any atom is 0.190 e. The van der Waals surface area contributed by atoms with Crippen molar-refractivity contribution in [3.63, 3.8) is 0 Å². The van der Waals surface area contributed by atoms with Crippen LogP contribution in [-0.4, -0.2) is 11.2 Å². The summed E-state index contributed by atoms with van der Waals surface area (Å²) in [7, 11) is 0. The molecule has 0 saturated carbocycles. The minimum atomic E-state index is -0.226. The molecule has 0 spiro atoms. The largest absolute Gasteiger partial charge is 0.494 e. The summed E-state index contributed by atoms with van der Waals surface area (Å²) in [5.41, 5.74) is 2.92. The molecule has 3 aromatic rings. The van der Waals surface area contributed by atoms with Gasteiger partial charge in [-0.1, -0.05) is 0 Å². The zero-order valence-corrected chi connectivity index (χ0v) is 14.5. The van der Waals surface area contributed by atoms with E-state index in [-0.39, 0.29) is 5.82 Å². The first-order chi connectivity index (χ1) is 11.7. The van der Waals surface area contributed by atoms with Crippen LogP contribution in [0.25, 0.3) is 11.3 Å². The van der Waals surface area contributed by atoms with E-state index in [4.69, 9.17) is 9.73 Å². The van der Waals surface area contributed by atoms with E-state index in [2.05, 4.69) is 16.9 Å². The van der Waals surface area contributed by atoms with Crippen LogP contribution in [0.3, 0.4) is 0 Å². The van der Waals surface area contributed by atoms with Crippen LogP contribution in [0.2, 0.25) is 0 Å². The summed E-state index contributed by atoms with van der Waals surface area (Å²) in [6.45, 7) is 5.49. The highest BCUT2D eigenvalue weighted by Gasteiger charge is 2.07. The third kappa shape index (κ3) is 3.57. The summed E-state index contributed by atoms with van der Waals surface area (Å²) in [6.07, 6.45) is 0.